The molecule has 0 bridgehead atoms. The molecule has 1 aliphatic carbocycles. The van der Waals surface area contributed by atoms with E-state index < -0.39 is 0 Å². The molecule has 0 aromatic carbocycles. The Morgan fingerprint density at radius 3 is 2.90 bits per heavy atom. The van der Waals surface area contributed by atoms with E-state index in [1.54, 1.807) is 10.4 Å². The summed E-state index contributed by atoms with van der Waals surface area (Å²) in [6.07, 6.45) is 7.92. The van der Waals surface area contributed by atoms with Gasteiger partial charge in [-0.05, 0) is 61.7 Å². The summed E-state index contributed by atoms with van der Waals surface area (Å²) in [5.41, 5.74) is 1.63. The van der Waals surface area contributed by atoms with Crippen LogP contribution >= 0.6 is 22.7 Å². The number of nitrogens with one attached hydrogen (secondary N) is 1. The van der Waals surface area contributed by atoms with E-state index in [4.69, 9.17) is 0 Å². The first-order valence-corrected chi connectivity index (χ1v) is 9.46. The number of hydrogen-bond donors (Lipinski definition) is 1. The van der Waals surface area contributed by atoms with Crippen LogP contribution in [0.25, 0.3) is 0 Å². The molecule has 2 aromatic rings. The lowest BCUT2D eigenvalue weighted by molar-refractivity contribution is 0.612. The molecule has 3 heteroatoms. The van der Waals surface area contributed by atoms with Gasteiger partial charge in [0.2, 0.25) is 0 Å². The second-order valence-electron chi connectivity index (χ2n) is 5.56. The summed E-state index contributed by atoms with van der Waals surface area (Å²) in [5, 5.41) is 5.92. The average molecular weight is 306 g/mol. The average Bonchev–Trinajstić information content (AvgIpc) is 3.06. The van der Waals surface area contributed by atoms with E-state index >= 15 is 0 Å². The van der Waals surface area contributed by atoms with E-state index in [2.05, 4.69) is 35.8 Å². The Kier molecular flexibility index (Phi) is 4.92. The highest BCUT2D eigenvalue weighted by Crippen LogP contribution is 2.36. The molecule has 0 saturated carbocycles. The summed E-state index contributed by atoms with van der Waals surface area (Å²) in [7, 11) is 0. The van der Waals surface area contributed by atoms with Gasteiger partial charge >= 0.3 is 0 Å². The Bertz CT molecular complexity index is 504. The molecule has 0 radical (unpaired) electrons. The molecule has 1 N–H and O–H groups in total. The molecule has 1 nitrogen and oxygen atoms in total. The monoisotopic (exact) mass is 305 g/mol. The third-order valence-electron chi connectivity index (χ3n) is 3.98. The lowest BCUT2D eigenvalue weighted by Gasteiger charge is -2.15. The van der Waals surface area contributed by atoms with Crippen LogP contribution in [-0.2, 0) is 12.8 Å². The van der Waals surface area contributed by atoms with E-state index in [1.807, 2.05) is 22.7 Å². The molecule has 1 unspecified atom stereocenters. The predicted octanol–water partition coefficient (Wildman–Crippen LogP) is 5.17. The molecule has 0 fully saturated rings. The quantitative estimate of drug-likeness (QED) is 0.752. The zero-order valence-electron chi connectivity index (χ0n) is 12.2. The molecule has 2 heterocycles. The maximum Gasteiger partial charge on any atom is 0.0765 e. The Balaban J connectivity index is 1.87. The zero-order valence-corrected chi connectivity index (χ0v) is 13.8. The maximum atomic E-state index is 3.73. The van der Waals surface area contributed by atoms with Crippen molar-refractivity contribution in [3.63, 3.8) is 0 Å². The largest absolute Gasteiger partial charge is 0.305 e. The second-order valence-corrected chi connectivity index (χ2v) is 7.71. The van der Waals surface area contributed by atoms with Gasteiger partial charge in [0.25, 0.3) is 0 Å². The Morgan fingerprint density at radius 2 is 2.10 bits per heavy atom. The fourth-order valence-electron chi connectivity index (χ4n) is 2.92. The first-order chi connectivity index (χ1) is 9.88. The first-order valence-electron chi connectivity index (χ1n) is 7.76. The SMILES string of the molecule is CCCNC(c1cccs1)c1cc2c(s1)CCCCC2. The van der Waals surface area contributed by atoms with Crippen molar-refractivity contribution in [2.45, 2.75) is 51.5 Å². The van der Waals surface area contributed by atoms with Crippen LogP contribution in [0.4, 0.5) is 0 Å². The van der Waals surface area contributed by atoms with Crippen LogP contribution in [0, 0.1) is 0 Å². The summed E-state index contributed by atoms with van der Waals surface area (Å²) in [5.74, 6) is 0. The minimum absolute atomic E-state index is 0.409. The molecule has 0 aliphatic heterocycles. The topological polar surface area (TPSA) is 12.0 Å². The highest BCUT2D eigenvalue weighted by molar-refractivity contribution is 7.13. The number of aryl methyl sites for hydroxylation is 2. The van der Waals surface area contributed by atoms with Crippen molar-refractivity contribution >= 4 is 22.7 Å². The molecule has 0 spiro atoms. The molecular weight excluding hydrogens is 282 g/mol. The van der Waals surface area contributed by atoms with Crippen LogP contribution in [0.15, 0.2) is 23.6 Å². The highest BCUT2D eigenvalue weighted by atomic mass is 32.1. The second kappa shape index (κ2) is 6.88. The van der Waals surface area contributed by atoms with Gasteiger partial charge in [-0.3, -0.25) is 0 Å². The van der Waals surface area contributed by atoms with E-state index in [0.29, 0.717) is 6.04 Å². The van der Waals surface area contributed by atoms with Crippen molar-refractivity contribution in [2.75, 3.05) is 6.54 Å². The molecule has 0 amide bonds. The molecule has 2 aromatic heterocycles. The third kappa shape index (κ3) is 3.16. The predicted molar refractivity (Wildman–Crippen MR) is 90.0 cm³/mol. The van der Waals surface area contributed by atoms with Crippen molar-refractivity contribution in [3.05, 3.63) is 43.8 Å². The molecular formula is C17H23NS2. The summed E-state index contributed by atoms with van der Waals surface area (Å²) < 4.78 is 0. The Morgan fingerprint density at radius 1 is 1.20 bits per heavy atom. The Labute approximate surface area is 130 Å². The van der Waals surface area contributed by atoms with Gasteiger partial charge in [-0.25, -0.2) is 0 Å². The molecule has 3 rings (SSSR count). The van der Waals surface area contributed by atoms with Gasteiger partial charge in [-0.1, -0.05) is 19.4 Å². The number of fused-ring (bicyclic) bond motifs is 1. The van der Waals surface area contributed by atoms with Crippen molar-refractivity contribution in [2.24, 2.45) is 0 Å². The molecule has 1 aliphatic rings. The van der Waals surface area contributed by atoms with Crippen LogP contribution in [0.3, 0.4) is 0 Å². The number of hydrogen-bond acceptors (Lipinski definition) is 3. The maximum absolute atomic E-state index is 3.73. The first kappa shape index (κ1) is 14.3. The minimum atomic E-state index is 0.409. The van der Waals surface area contributed by atoms with Crippen molar-refractivity contribution in [1.29, 1.82) is 0 Å². The van der Waals surface area contributed by atoms with Crippen molar-refractivity contribution in [3.8, 4) is 0 Å². The van der Waals surface area contributed by atoms with Gasteiger partial charge in [-0.15, -0.1) is 22.7 Å². The van der Waals surface area contributed by atoms with Gasteiger partial charge in [0.1, 0.15) is 0 Å². The number of rotatable bonds is 5. The van der Waals surface area contributed by atoms with Crippen LogP contribution in [0.5, 0.6) is 0 Å². The highest BCUT2D eigenvalue weighted by Gasteiger charge is 2.20. The van der Waals surface area contributed by atoms with Gasteiger partial charge in [0.15, 0.2) is 0 Å². The lowest BCUT2D eigenvalue weighted by atomic mass is 10.1. The standard InChI is InChI=1S/C17H23NS2/c1-2-10-18-17(15-9-6-11-19-15)16-12-13-7-4-3-5-8-14(13)20-16/h6,9,11-12,17-18H,2-5,7-8,10H2,1H3. The summed E-state index contributed by atoms with van der Waals surface area (Å²) in [6.45, 7) is 3.33. The van der Waals surface area contributed by atoms with E-state index in [0.717, 1.165) is 6.54 Å². The van der Waals surface area contributed by atoms with Crippen molar-refractivity contribution < 1.29 is 0 Å². The normalized spacial score (nSPS) is 16.6. The summed E-state index contributed by atoms with van der Waals surface area (Å²) in [6, 6.07) is 7.33. The lowest BCUT2D eigenvalue weighted by Crippen LogP contribution is -2.21. The summed E-state index contributed by atoms with van der Waals surface area (Å²) >= 11 is 3.92. The van der Waals surface area contributed by atoms with Gasteiger partial charge in [-0.2, -0.15) is 0 Å². The Hall–Kier alpha value is -0.640. The molecule has 108 valence electrons. The van der Waals surface area contributed by atoms with Gasteiger partial charge in [0.05, 0.1) is 6.04 Å². The molecule has 20 heavy (non-hydrogen) atoms. The fourth-order valence-corrected chi connectivity index (χ4v) is 5.16. The fraction of sp³-hybridized carbons (Fsp3) is 0.529. The molecule has 0 saturated heterocycles. The van der Waals surface area contributed by atoms with Crippen LogP contribution in [0.1, 0.15) is 58.8 Å². The van der Waals surface area contributed by atoms with E-state index in [1.165, 1.54) is 48.3 Å². The van der Waals surface area contributed by atoms with Gasteiger partial charge < -0.3 is 5.32 Å². The summed E-state index contributed by atoms with van der Waals surface area (Å²) in [4.78, 5) is 4.63. The van der Waals surface area contributed by atoms with E-state index in [9.17, 15) is 0 Å². The smallest absolute Gasteiger partial charge is 0.0765 e. The van der Waals surface area contributed by atoms with Gasteiger partial charge in [0, 0.05) is 14.6 Å². The molecule has 1 atom stereocenters. The zero-order chi connectivity index (χ0) is 13.8. The van der Waals surface area contributed by atoms with Crippen LogP contribution in [-0.4, -0.2) is 6.54 Å². The van der Waals surface area contributed by atoms with E-state index in [-0.39, 0.29) is 0 Å². The minimum Gasteiger partial charge on any atom is -0.305 e. The van der Waals surface area contributed by atoms with Crippen LogP contribution in [0.2, 0.25) is 0 Å². The van der Waals surface area contributed by atoms with Crippen molar-refractivity contribution in [1.82, 2.24) is 5.32 Å². The number of thiophene rings is 2. The van der Waals surface area contributed by atoms with Crippen LogP contribution < -0.4 is 5.32 Å². The third-order valence-corrected chi connectivity index (χ3v) is 6.22.